The highest BCUT2D eigenvalue weighted by Gasteiger charge is 2.26. The molecule has 0 atom stereocenters. The van der Waals surface area contributed by atoms with Gasteiger partial charge in [-0.1, -0.05) is 485 Å². The second-order valence-electron chi connectivity index (χ2n) is 37.7. The van der Waals surface area contributed by atoms with Gasteiger partial charge in [-0.25, -0.2) is 0 Å². The number of hydrogen-bond acceptors (Lipinski definition) is 0. The predicted molar refractivity (Wildman–Crippen MR) is 614 cm³/mol. The molecule has 0 radical (unpaired) electrons. The van der Waals surface area contributed by atoms with Crippen LogP contribution in [0.3, 0.4) is 0 Å². The van der Waals surface area contributed by atoms with E-state index in [1.807, 2.05) is 0 Å². The summed E-state index contributed by atoms with van der Waals surface area (Å²) in [6.07, 6.45) is 0. The van der Waals surface area contributed by atoms with Gasteiger partial charge in [0.05, 0.1) is 0 Å². The smallest absolute Gasteiger partial charge is 0.00199 e. The Balaban J connectivity index is 0.000000107. The van der Waals surface area contributed by atoms with E-state index in [0.29, 0.717) is 0 Å². The van der Waals surface area contributed by atoms with Crippen molar-refractivity contribution in [2.75, 3.05) is 0 Å². The lowest BCUT2D eigenvalue weighted by Gasteiger charge is -2.20. The first-order chi connectivity index (χ1) is 70.5. The zero-order valence-corrected chi connectivity index (χ0v) is 78.0. The van der Waals surface area contributed by atoms with Gasteiger partial charge in [-0.2, -0.15) is 0 Å². The minimum atomic E-state index is 1.22. The molecule has 0 saturated carbocycles. The quantitative estimate of drug-likeness (QED) is 0.0946. The fourth-order valence-electron chi connectivity index (χ4n) is 23.5. The standard InChI is InChI=1S/2C48H30.C46H30/c1-3-18-35-32(14-1)29-45(39-22-7-5-20-37(35)39)31-16-13-17-34(28-31)47-41-24-9-11-26-43(41)48(44-27-12-10-25-42(44)47)46-30-33-15-2-4-19-36(33)38-21-6-8-23-40(38)46;1-3-16-37-31(12-1)24-25-32-26-27-34(29-45(32)37)33-14-11-15-36(28-33)47-41-20-7-9-22-43(41)48(44-23-10-8-21-42(44)47)46-30-35-13-2-4-17-38(35)39-18-5-6-19-40(39)46;1-3-15-31(16-4-1)34-27-35(32-17-5-2-6-18-32)29-36(28-34)45-40-23-11-13-25-42(40)46(43-26-14-12-24-41(43)45)44-30-33-19-7-8-20-37(33)38-21-9-10-22-39(38)44/h2*1-30H;1-30H. The largest absolute Gasteiger partial charge is 0.0622 e. The molecule has 0 spiro atoms. The van der Waals surface area contributed by atoms with Gasteiger partial charge in [-0.15, -0.1) is 0 Å². The summed E-state index contributed by atoms with van der Waals surface area (Å²) in [4.78, 5) is 0. The number of fused-ring (bicyclic) bond motifs is 21. The molecule has 29 rings (SSSR count). The van der Waals surface area contributed by atoms with Gasteiger partial charge in [-0.3, -0.25) is 0 Å². The molecule has 0 unspecified atom stereocenters. The Morgan fingerprint density at radius 2 is 0.268 bits per heavy atom. The van der Waals surface area contributed by atoms with Crippen molar-refractivity contribution in [3.05, 3.63) is 546 Å². The Bertz CT molecular complexity index is 9950. The van der Waals surface area contributed by atoms with Crippen LogP contribution in [-0.2, 0) is 0 Å². The molecule has 0 heteroatoms. The molecule has 0 nitrogen and oxygen atoms in total. The molecule has 29 aromatic carbocycles. The third-order valence-electron chi connectivity index (χ3n) is 29.8. The van der Waals surface area contributed by atoms with Crippen LogP contribution in [0.15, 0.2) is 546 Å². The molecule has 0 aliphatic rings. The lowest BCUT2D eigenvalue weighted by Crippen LogP contribution is -1.93. The van der Waals surface area contributed by atoms with E-state index in [1.165, 1.54) is 284 Å². The average molecular weight is 1800 g/mol. The monoisotopic (exact) mass is 1790 g/mol. The van der Waals surface area contributed by atoms with E-state index in [4.69, 9.17) is 0 Å². The van der Waals surface area contributed by atoms with E-state index in [1.54, 1.807) is 0 Å². The molecular weight excluding hydrogens is 1710 g/mol. The molecule has 0 amide bonds. The van der Waals surface area contributed by atoms with Gasteiger partial charge in [0.1, 0.15) is 0 Å². The van der Waals surface area contributed by atoms with E-state index in [-0.39, 0.29) is 0 Å². The third-order valence-corrected chi connectivity index (χ3v) is 29.8. The first kappa shape index (κ1) is 83.0. The Hall–Kier alpha value is -18.5. The summed E-state index contributed by atoms with van der Waals surface area (Å²) in [5.74, 6) is 0. The van der Waals surface area contributed by atoms with Crippen molar-refractivity contribution in [3.8, 4) is 111 Å². The second kappa shape index (κ2) is 35.0. The lowest BCUT2D eigenvalue weighted by molar-refractivity contribution is 1.58. The molecule has 658 valence electrons. The van der Waals surface area contributed by atoms with Gasteiger partial charge >= 0.3 is 0 Å². The Kier molecular flexibility index (Phi) is 20.4. The van der Waals surface area contributed by atoms with E-state index >= 15 is 0 Å². The predicted octanol–water partition coefficient (Wildman–Crippen LogP) is 40.2. The van der Waals surface area contributed by atoms with E-state index in [9.17, 15) is 0 Å². The first-order valence-electron chi connectivity index (χ1n) is 49.3. The van der Waals surface area contributed by atoms with Crippen molar-refractivity contribution in [3.63, 3.8) is 0 Å². The molecule has 29 aromatic rings. The minimum absolute atomic E-state index is 1.22. The number of hydrogen-bond donors (Lipinski definition) is 0. The van der Waals surface area contributed by atoms with E-state index < -0.39 is 0 Å². The first-order valence-corrected chi connectivity index (χ1v) is 49.3. The summed E-state index contributed by atoms with van der Waals surface area (Å²) in [6.45, 7) is 0. The highest BCUT2D eigenvalue weighted by molar-refractivity contribution is 6.31. The topological polar surface area (TPSA) is 0 Å². The van der Waals surface area contributed by atoms with Crippen LogP contribution in [0.2, 0.25) is 0 Å². The van der Waals surface area contributed by atoms with Gasteiger partial charge in [0.25, 0.3) is 0 Å². The summed E-state index contributed by atoms with van der Waals surface area (Å²) < 4.78 is 0. The lowest BCUT2D eigenvalue weighted by atomic mass is 9.83. The van der Waals surface area contributed by atoms with Crippen molar-refractivity contribution in [1.29, 1.82) is 0 Å². The number of rotatable bonds is 10. The van der Waals surface area contributed by atoms with Crippen LogP contribution in [0.4, 0.5) is 0 Å². The molecule has 0 fully saturated rings. The fourth-order valence-corrected chi connectivity index (χ4v) is 23.5. The molecule has 0 aliphatic carbocycles. The van der Waals surface area contributed by atoms with Gasteiger partial charge in [-0.05, 0) is 344 Å². The fraction of sp³-hybridized carbons (Fsp3) is 0. The molecule has 0 aliphatic heterocycles. The maximum Gasteiger partial charge on any atom is -0.00199 e. The Labute approximate surface area is 823 Å². The zero-order valence-electron chi connectivity index (χ0n) is 78.0. The van der Waals surface area contributed by atoms with Crippen LogP contribution in [0, 0.1) is 0 Å². The molecule has 0 aromatic heterocycles. The summed E-state index contributed by atoms with van der Waals surface area (Å²) in [5.41, 5.74) is 25.0. The number of benzene rings is 29. The molecule has 142 heavy (non-hydrogen) atoms. The maximum absolute atomic E-state index is 2.40. The summed E-state index contributed by atoms with van der Waals surface area (Å²) >= 11 is 0. The van der Waals surface area contributed by atoms with Crippen LogP contribution in [-0.4, -0.2) is 0 Å². The van der Waals surface area contributed by atoms with Crippen molar-refractivity contribution in [2.45, 2.75) is 0 Å². The average Bonchev–Trinajstić information content (AvgIpc) is 0.713. The van der Waals surface area contributed by atoms with Crippen LogP contribution >= 0.6 is 0 Å². The van der Waals surface area contributed by atoms with Gasteiger partial charge in [0, 0.05) is 0 Å². The van der Waals surface area contributed by atoms with Crippen LogP contribution in [0.5, 0.6) is 0 Å². The highest BCUT2D eigenvalue weighted by Crippen LogP contribution is 2.53. The van der Waals surface area contributed by atoms with Gasteiger partial charge < -0.3 is 0 Å². The Morgan fingerprint density at radius 3 is 0.606 bits per heavy atom. The van der Waals surface area contributed by atoms with Gasteiger partial charge in [0.15, 0.2) is 0 Å². The zero-order chi connectivity index (χ0) is 93.7. The summed E-state index contributed by atoms with van der Waals surface area (Å²) in [5, 5.41) is 40.8. The van der Waals surface area contributed by atoms with E-state index in [0.717, 1.165) is 0 Å². The second-order valence-corrected chi connectivity index (χ2v) is 37.7. The Morgan fingerprint density at radius 1 is 0.0704 bits per heavy atom. The molecule has 0 heterocycles. The molecule has 0 saturated heterocycles. The van der Waals surface area contributed by atoms with Crippen molar-refractivity contribution >= 4 is 172 Å². The molecule has 0 bridgehead atoms. The van der Waals surface area contributed by atoms with Crippen molar-refractivity contribution in [1.82, 2.24) is 0 Å². The third kappa shape index (κ3) is 14.2. The van der Waals surface area contributed by atoms with Crippen LogP contribution in [0.25, 0.3) is 284 Å². The maximum atomic E-state index is 2.40. The minimum Gasteiger partial charge on any atom is -0.0622 e. The summed E-state index contributed by atoms with van der Waals surface area (Å²) in [6, 6.07) is 201. The normalized spacial score (nSPS) is 11.7. The van der Waals surface area contributed by atoms with E-state index in [2.05, 4.69) is 546 Å². The van der Waals surface area contributed by atoms with Crippen LogP contribution < -0.4 is 0 Å². The van der Waals surface area contributed by atoms with Crippen molar-refractivity contribution in [2.24, 2.45) is 0 Å². The highest BCUT2D eigenvalue weighted by atomic mass is 14.3. The van der Waals surface area contributed by atoms with Crippen molar-refractivity contribution < 1.29 is 0 Å². The van der Waals surface area contributed by atoms with Gasteiger partial charge in [0.2, 0.25) is 0 Å². The van der Waals surface area contributed by atoms with Crippen LogP contribution in [0.1, 0.15) is 0 Å². The molecular formula is C142H90. The SMILES string of the molecule is c1cc(-c2c3ccccc3c(-c3cc4ccccc4c4ccccc34)c3ccccc23)cc(-c2cc3ccccc3c3ccccc23)c1.c1cc(-c2ccc3ccc4ccccc4c3c2)cc(-c2c3ccccc3c(-c3cc4ccccc4c4ccccc34)c3ccccc23)c1.c1ccc(-c2cc(-c3ccccc3)cc(-c3c4ccccc4c(-c4cc5ccccc5c5ccccc45)c4ccccc34)c2)cc1. The molecule has 0 N–H and O–H groups in total. The summed E-state index contributed by atoms with van der Waals surface area (Å²) in [7, 11) is 0.